The molecule has 2 aromatic rings. The smallest absolute Gasteiger partial charge is 0.191 e. The van der Waals surface area contributed by atoms with Crippen molar-refractivity contribution in [2.45, 2.75) is 38.9 Å². The molecule has 0 aromatic heterocycles. The van der Waals surface area contributed by atoms with Crippen LogP contribution in [-0.2, 0) is 13.1 Å². The molecule has 4 nitrogen and oxygen atoms in total. The average Bonchev–Trinajstić information content (AvgIpc) is 2.70. The summed E-state index contributed by atoms with van der Waals surface area (Å²) in [4.78, 5) is 7.16. The van der Waals surface area contributed by atoms with Gasteiger partial charge in [-0.05, 0) is 43.0 Å². The van der Waals surface area contributed by atoms with E-state index in [1.54, 1.807) is 12.1 Å². The summed E-state index contributed by atoms with van der Waals surface area (Å²) in [6, 6.07) is 17.6. The number of rotatable bonds is 6. The molecular weight excluding hydrogens is 339 g/mol. The maximum atomic E-state index is 13.0. The normalized spacial score (nSPS) is 16.3. The molecule has 0 aliphatic carbocycles. The van der Waals surface area contributed by atoms with E-state index >= 15 is 0 Å². The zero-order valence-corrected chi connectivity index (χ0v) is 16.0. The van der Waals surface area contributed by atoms with Gasteiger partial charge in [-0.15, -0.1) is 0 Å². The summed E-state index contributed by atoms with van der Waals surface area (Å²) in [5.74, 6) is 0.623. The zero-order chi connectivity index (χ0) is 18.9. The maximum Gasteiger partial charge on any atom is 0.191 e. The molecule has 1 heterocycles. The molecule has 27 heavy (non-hydrogen) atoms. The lowest BCUT2D eigenvalue weighted by Gasteiger charge is -2.33. The van der Waals surface area contributed by atoms with Crippen LogP contribution >= 0.6 is 0 Å². The molecule has 0 radical (unpaired) electrons. The summed E-state index contributed by atoms with van der Waals surface area (Å²) in [5.41, 5.74) is 2.38. The van der Waals surface area contributed by atoms with Crippen molar-refractivity contribution in [3.63, 3.8) is 0 Å². The second-order valence-corrected chi connectivity index (χ2v) is 7.00. The lowest BCUT2D eigenvalue weighted by Crippen LogP contribution is -2.48. The van der Waals surface area contributed by atoms with Gasteiger partial charge >= 0.3 is 0 Å². The monoisotopic (exact) mass is 368 g/mol. The number of likely N-dealkylation sites (tertiary alicyclic amines) is 1. The second kappa shape index (κ2) is 10.1. The number of piperidine rings is 1. The number of nitrogens with one attached hydrogen (secondary N) is 2. The van der Waals surface area contributed by atoms with Gasteiger partial charge in [-0.25, -0.2) is 9.38 Å². The third-order valence-corrected chi connectivity index (χ3v) is 4.85. The molecule has 1 fully saturated rings. The Morgan fingerprint density at radius 1 is 1.04 bits per heavy atom. The predicted octanol–water partition coefficient (Wildman–Crippen LogP) is 3.55. The number of hydrogen-bond acceptors (Lipinski definition) is 2. The molecule has 1 aliphatic rings. The highest BCUT2D eigenvalue weighted by molar-refractivity contribution is 5.80. The standard InChI is InChI=1S/C22H29FN4/c1-2-24-22(25-16-18-8-10-20(23)11-9-18)26-21-12-14-27(15-13-21)17-19-6-4-3-5-7-19/h3-11,21H,2,12-17H2,1H3,(H2,24,25,26). The van der Waals surface area contributed by atoms with Crippen LogP contribution in [0.15, 0.2) is 59.6 Å². The third-order valence-electron chi connectivity index (χ3n) is 4.85. The Morgan fingerprint density at radius 3 is 2.41 bits per heavy atom. The zero-order valence-electron chi connectivity index (χ0n) is 16.0. The van der Waals surface area contributed by atoms with E-state index in [2.05, 4.69) is 57.8 Å². The fraction of sp³-hybridized carbons (Fsp3) is 0.409. The molecule has 2 aromatic carbocycles. The van der Waals surface area contributed by atoms with E-state index in [1.165, 1.54) is 17.7 Å². The topological polar surface area (TPSA) is 39.7 Å². The van der Waals surface area contributed by atoms with Gasteiger partial charge in [0.1, 0.15) is 5.82 Å². The van der Waals surface area contributed by atoms with E-state index in [4.69, 9.17) is 0 Å². The van der Waals surface area contributed by atoms with E-state index in [0.29, 0.717) is 12.6 Å². The molecule has 1 aliphatic heterocycles. The summed E-state index contributed by atoms with van der Waals surface area (Å²) < 4.78 is 13.0. The molecule has 2 N–H and O–H groups in total. The van der Waals surface area contributed by atoms with Gasteiger partial charge in [-0.3, -0.25) is 4.90 Å². The Hall–Kier alpha value is -2.40. The summed E-state index contributed by atoms with van der Waals surface area (Å²) >= 11 is 0. The fourth-order valence-electron chi connectivity index (χ4n) is 3.35. The summed E-state index contributed by atoms with van der Waals surface area (Å²) in [6.07, 6.45) is 2.21. The molecule has 0 spiro atoms. The van der Waals surface area contributed by atoms with E-state index in [0.717, 1.165) is 50.5 Å². The fourth-order valence-corrected chi connectivity index (χ4v) is 3.35. The molecule has 1 saturated heterocycles. The molecule has 5 heteroatoms. The number of halogens is 1. The van der Waals surface area contributed by atoms with Gasteiger partial charge < -0.3 is 10.6 Å². The predicted molar refractivity (Wildman–Crippen MR) is 109 cm³/mol. The molecule has 144 valence electrons. The lowest BCUT2D eigenvalue weighted by molar-refractivity contribution is 0.198. The number of nitrogens with zero attached hydrogens (tertiary/aromatic N) is 2. The van der Waals surface area contributed by atoms with E-state index in [-0.39, 0.29) is 5.82 Å². The van der Waals surface area contributed by atoms with Gasteiger partial charge in [-0.1, -0.05) is 42.5 Å². The van der Waals surface area contributed by atoms with Crippen molar-refractivity contribution in [3.05, 3.63) is 71.5 Å². The molecule has 0 atom stereocenters. The van der Waals surface area contributed by atoms with E-state index in [9.17, 15) is 4.39 Å². The SMILES string of the molecule is CCNC(=NCc1ccc(F)cc1)NC1CCN(Cc2ccccc2)CC1. The van der Waals surface area contributed by atoms with Crippen molar-refractivity contribution in [2.24, 2.45) is 4.99 Å². The minimum atomic E-state index is -0.213. The highest BCUT2D eigenvalue weighted by atomic mass is 19.1. The highest BCUT2D eigenvalue weighted by Gasteiger charge is 2.20. The third kappa shape index (κ3) is 6.36. The molecule has 0 saturated carbocycles. The van der Waals surface area contributed by atoms with Crippen LogP contribution in [0.25, 0.3) is 0 Å². The van der Waals surface area contributed by atoms with Gasteiger partial charge in [0, 0.05) is 32.2 Å². The Kier molecular flexibility index (Phi) is 7.22. The Balaban J connectivity index is 1.48. The first kappa shape index (κ1) is 19.4. The van der Waals surface area contributed by atoms with Gasteiger partial charge in [0.05, 0.1) is 6.54 Å². The van der Waals surface area contributed by atoms with Crippen molar-refractivity contribution >= 4 is 5.96 Å². The average molecular weight is 369 g/mol. The Labute approximate surface area is 161 Å². The van der Waals surface area contributed by atoms with Gasteiger partial charge in [0.2, 0.25) is 0 Å². The lowest BCUT2D eigenvalue weighted by atomic mass is 10.0. The molecule has 0 unspecified atom stereocenters. The van der Waals surface area contributed by atoms with Crippen LogP contribution < -0.4 is 10.6 Å². The van der Waals surface area contributed by atoms with Crippen LogP contribution in [0, 0.1) is 5.82 Å². The molecule has 3 rings (SSSR count). The van der Waals surface area contributed by atoms with E-state index < -0.39 is 0 Å². The maximum absolute atomic E-state index is 13.0. The quantitative estimate of drug-likeness (QED) is 0.605. The first-order chi connectivity index (χ1) is 13.2. The summed E-state index contributed by atoms with van der Waals surface area (Å²) in [5, 5.41) is 6.87. The second-order valence-electron chi connectivity index (χ2n) is 7.00. The Bertz CT molecular complexity index is 707. The minimum absolute atomic E-state index is 0.213. The van der Waals surface area contributed by atoms with Crippen molar-refractivity contribution in [1.82, 2.24) is 15.5 Å². The van der Waals surface area contributed by atoms with Crippen molar-refractivity contribution in [2.75, 3.05) is 19.6 Å². The highest BCUT2D eigenvalue weighted by Crippen LogP contribution is 2.14. The number of aliphatic imine (C=N–C) groups is 1. The van der Waals surface area contributed by atoms with Crippen LogP contribution in [0.1, 0.15) is 30.9 Å². The Morgan fingerprint density at radius 2 is 1.74 bits per heavy atom. The van der Waals surface area contributed by atoms with Gasteiger partial charge in [0.25, 0.3) is 0 Å². The van der Waals surface area contributed by atoms with Gasteiger partial charge in [0.15, 0.2) is 5.96 Å². The van der Waals surface area contributed by atoms with Crippen molar-refractivity contribution < 1.29 is 4.39 Å². The number of hydrogen-bond donors (Lipinski definition) is 2. The van der Waals surface area contributed by atoms with Crippen molar-refractivity contribution in [1.29, 1.82) is 0 Å². The van der Waals surface area contributed by atoms with Crippen LogP contribution in [0.5, 0.6) is 0 Å². The first-order valence-electron chi connectivity index (χ1n) is 9.78. The molecular formula is C22H29FN4. The first-order valence-corrected chi connectivity index (χ1v) is 9.78. The van der Waals surface area contributed by atoms with Crippen LogP contribution in [0.2, 0.25) is 0 Å². The van der Waals surface area contributed by atoms with Gasteiger partial charge in [-0.2, -0.15) is 0 Å². The minimum Gasteiger partial charge on any atom is -0.357 e. The van der Waals surface area contributed by atoms with Crippen LogP contribution in [0.3, 0.4) is 0 Å². The largest absolute Gasteiger partial charge is 0.357 e. The van der Waals surface area contributed by atoms with E-state index in [1.807, 2.05) is 0 Å². The number of guanidine groups is 1. The van der Waals surface area contributed by atoms with Crippen LogP contribution in [0.4, 0.5) is 4.39 Å². The summed E-state index contributed by atoms with van der Waals surface area (Å²) in [7, 11) is 0. The molecule has 0 bridgehead atoms. The van der Waals surface area contributed by atoms with Crippen molar-refractivity contribution in [3.8, 4) is 0 Å². The summed E-state index contributed by atoms with van der Waals surface area (Å²) in [6.45, 7) is 6.63. The molecule has 0 amide bonds. The van der Waals surface area contributed by atoms with Crippen LogP contribution in [-0.4, -0.2) is 36.5 Å². The number of benzene rings is 2.